The molecular weight excluding hydrogens is 304 g/mol. The van der Waals surface area contributed by atoms with Gasteiger partial charge >= 0.3 is 0 Å². The van der Waals surface area contributed by atoms with Crippen molar-refractivity contribution < 1.29 is 9.47 Å². The van der Waals surface area contributed by atoms with Crippen molar-refractivity contribution in [3.8, 4) is 11.5 Å². The van der Waals surface area contributed by atoms with Gasteiger partial charge in [0.25, 0.3) is 0 Å². The van der Waals surface area contributed by atoms with E-state index >= 15 is 0 Å². The molecular formula is C18H30N4O2. The summed E-state index contributed by atoms with van der Waals surface area (Å²) in [6.45, 7) is 7.50. The van der Waals surface area contributed by atoms with Gasteiger partial charge in [0.1, 0.15) is 12.7 Å². The van der Waals surface area contributed by atoms with Crippen molar-refractivity contribution in [1.82, 2.24) is 15.5 Å². The fourth-order valence-corrected chi connectivity index (χ4v) is 2.83. The van der Waals surface area contributed by atoms with Crippen LogP contribution in [-0.4, -0.2) is 64.3 Å². The third kappa shape index (κ3) is 5.60. The van der Waals surface area contributed by atoms with Crippen LogP contribution in [0.4, 0.5) is 0 Å². The lowest BCUT2D eigenvalue weighted by Crippen LogP contribution is -2.48. The Labute approximate surface area is 145 Å². The molecule has 1 aliphatic rings. The highest BCUT2D eigenvalue weighted by molar-refractivity contribution is 5.79. The molecule has 24 heavy (non-hydrogen) atoms. The molecule has 0 spiro atoms. The highest BCUT2D eigenvalue weighted by Gasteiger charge is 2.22. The Balaban J connectivity index is 1.78. The van der Waals surface area contributed by atoms with Gasteiger partial charge in [-0.2, -0.15) is 0 Å². The molecule has 1 heterocycles. The molecule has 0 aliphatic carbocycles. The Morgan fingerprint density at radius 2 is 1.96 bits per heavy atom. The van der Waals surface area contributed by atoms with Crippen LogP contribution in [0.15, 0.2) is 29.3 Å². The number of rotatable bonds is 6. The van der Waals surface area contributed by atoms with Crippen LogP contribution in [-0.2, 0) is 0 Å². The molecule has 134 valence electrons. The number of hydrogen-bond donors (Lipinski definition) is 2. The van der Waals surface area contributed by atoms with E-state index in [1.54, 1.807) is 7.05 Å². The summed E-state index contributed by atoms with van der Waals surface area (Å²) in [6.07, 6.45) is -0.0340. The molecule has 1 aliphatic heterocycles. The van der Waals surface area contributed by atoms with Gasteiger partial charge in [-0.25, -0.2) is 0 Å². The average Bonchev–Trinajstić information content (AvgIpc) is 2.53. The third-order valence-electron chi connectivity index (χ3n) is 3.77. The summed E-state index contributed by atoms with van der Waals surface area (Å²) in [7, 11) is 5.96. The molecule has 0 bridgehead atoms. The minimum absolute atomic E-state index is 0.0340. The summed E-state index contributed by atoms with van der Waals surface area (Å²) in [6, 6.07) is 7.75. The first-order valence-corrected chi connectivity index (χ1v) is 8.37. The van der Waals surface area contributed by atoms with Gasteiger partial charge in [0.15, 0.2) is 17.5 Å². The fourth-order valence-electron chi connectivity index (χ4n) is 2.83. The summed E-state index contributed by atoms with van der Waals surface area (Å²) >= 11 is 0. The first kappa shape index (κ1) is 18.4. The van der Waals surface area contributed by atoms with Crippen molar-refractivity contribution in [3.05, 3.63) is 24.3 Å². The number of nitrogens with zero attached hydrogens (tertiary/aromatic N) is 2. The van der Waals surface area contributed by atoms with Crippen LogP contribution >= 0.6 is 0 Å². The summed E-state index contributed by atoms with van der Waals surface area (Å²) in [4.78, 5) is 6.48. The number of para-hydroxylation sites is 2. The summed E-state index contributed by atoms with van der Waals surface area (Å²) in [5, 5.41) is 6.71. The fraction of sp³-hybridized carbons (Fsp3) is 0.611. The number of ether oxygens (including phenoxy) is 2. The molecule has 6 heteroatoms. The molecule has 0 saturated heterocycles. The van der Waals surface area contributed by atoms with Crippen LogP contribution in [0.25, 0.3) is 0 Å². The summed E-state index contributed by atoms with van der Waals surface area (Å²) in [5.74, 6) is 2.39. The molecule has 6 nitrogen and oxygen atoms in total. The predicted octanol–water partition coefficient (Wildman–Crippen LogP) is 1.58. The minimum atomic E-state index is -0.0340. The largest absolute Gasteiger partial charge is 0.486 e. The van der Waals surface area contributed by atoms with E-state index in [1.807, 2.05) is 24.3 Å². The highest BCUT2D eigenvalue weighted by atomic mass is 16.6. The molecule has 0 radical (unpaired) electrons. The van der Waals surface area contributed by atoms with Crippen molar-refractivity contribution in [2.45, 2.75) is 20.0 Å². The molecule has 1 aromatic rings. The number of hydrogen-bond acceptors (Lipinski definition) is 4. The van der Waals surface area contributed by atoms with Gasteiger partial charge in [-0.1, -0.05) is 26.0 Å². The van der Waals surface area contributed by atoms with Crippen molar-refractivity contribution in [2.75, 3.05) is 47.4 Å². The maximum Gasteiger partial charge on any atom is 0.191 e. The van der Waals surface area contributed by atoms with Crippen molar-refractivity contribution in [2.24, 2.45) is 10.4 Å². The van der Waals surface area contributed by atoms with E-state index in [9.17, 15) is 0 Å². The van der Waals surface area contributed by atoms with Gasteiger partial charge in [0.05, 0.1) is 6.54 Å². The number of nitrogens with one attached hydrogen (secondary N) is 2. The van der Waals surface area contributed by atoms with E-state index in [2.05, 4.69) is 48.5 Å². The minimum Gasteiger partial charge on any atom is -0.486 e. The zero-order chi connectivity index (χ0) is 17.6. The van der Waals surface area contributed by atoms with Crippen molar-refractivity contribution >= 4 is 5.96 Å². The Bertz CT molecular complexity index is 558. The first-order valence-electron chi connectivity index (χ1n) is 8.37. The lowest BCUT2D eigenvalue weighted by Gasteiger charge is -2.30. The second-order valence-corrected chi connectivity index (χ2v) is 7.21. The molecule has 1 aromatic carbocycles. The SMILES string of the molecule is CN=C(NCC1COc2ccccc2O1)NCC(C)(C)CN(C)C. The molecule has 1 atom stereocenters. The second kappa shape index (κ2) is 8.24. The monoisotopic (exact) mass is 334 g/mol. The Morgan fingerprint density at radius 1 is 1.25 bits per heavy atom. The van der Waals surface area contributed by atoms with Gasteiger partial charge in [0.2, 0.25) is 0 Å². The number of benzene rings is 1. The van der Waals surface area contributed by atoms with Gasteiger partial charge in [0, 0.05) is 20.1 Å². The summed E-state index contributed by atoms with van der Waals surface area (Å²) in [5.41, 5.74) is 0.157. The van der Waals surface area contributed by atoms with E-state index < -0.39 is 0 Å². The standard InChI is InChI=1S/C18H30N4O2/c1-18(2,13-22(4)5)12-21-17(19-3)20-10-14-11-23-15-8-6-7-9-16(15)24-14/h6-9,14H,10-13H2,1-5H3,(H2,19,20,21). The van der Waals surface area contributed by atoms with Crippen LogP contribution in [0, 0.1) is 5.41 Å². The normalized spacial score (nSPS) is 17.8. The zero-order valence-corrected chi connectivity index (χ0v) is 15.4. The van der Waals surface area contributed by atoms with Crippen molar-refractivity contribution in [1.29, 1.82) is 0 Å². The lowest BCUT2D eigenvalue weighted by atomic mass is 9.93. The maximum atomic E-state index is 5.95. The molecule has 0 aromatic heterocycles. The maximum absolute atomic E-state index is 5.95. The zero-order valence-electron chi connectivity index (χ0n) is 15.4. The van der Waals surface area contributed by atoms with E-state index in [4.69, 9.17) is 9.47 Å². The van der Waals surface area contributed by atoms with E-state index in [-0.39, 0.29) is 11.5 Å². The van der Waals surface area contributed by atoms with Crippen LogP contribution < -0.4 is 20.1 Å². The third-order valence-corrected chi connectivity index (χ3v) is 3.77. The predicted molar refractivity (Wildman–Crippen MR) is 98.1 cm³/mol. The highest BCUT2D eigenvalue weighted by Crippen LogP contribution is 2.30. The van der Waals surface area contributed by atoms with Gasteiger partial charge in [-0.3, -0.25) is 4.99 Å². The molecule has 0 saturated carbocycles. The van der Waals surface area contributed by atoms with Crippen molar-refractivity contribution in [3.63, 3.8) is 0 Å². The molecule has 1 unspecified atom stereocenters. The number of fused-ring (bicyclic) bond motifs is 1. The van der Waals surface area contributed by atoms with Gasteiger partial charge in [-0.05, 0) is 31.6 Å². The molecule has 0 fully saturated rings. The number of guanidine groups is 1. The van der Waals surface area contributed by atoms with Crippen LogP contribution in [0.1, 0.15) is 13.8 Å². The smallest absolute Gasteiger partial charge is 0.191 e. The van der Waals surface area contributed by atoms with Crippen LogP contribution in [0.3, 0.4) is 0 Å². The quantitative estimate of drug-likeness (QED) is 0.611. The average molecular weight is 334 g/mol. The van der Waals surface area contributed by atoms with Crippen LogP contribution in [0.5, 0.6) is 11.5 Å². The topological polar surface area (TPSA) is 58.1 Å². The lowest BCUT2D eigenvalue weighted by molar-refractivity contribution is 0.0935. The first-order chi connectivity index (χ1) is 11.4. The number of aliphatic imine (C=N–C) groups is 1. The molecule has 2 rings (SSSR count). The van der Waals surface area contributed by atoms with E-state index in [1.165, 1.54) is 0 Å². The van der Waals surface area contributed by atoms with Gasteiger partial charge in [-0.15, -0.1) is 0 Å². The Hall–Kier alpha value is -1.95. The Morgan fingerprint density at radius 3 is 2.62 bits per heavy atom. The van der Waals surface area contributed by atoms with E-state index in [0.29, 0.717) is 13.2 Å². The van der Waals surface area contributed by atoms with Gasteiger partial charge < -0.3 is 25.0 Å². The van der Waals surface area contributed by atoms with E-state index in [0.717, 1.165) is 30.5 Å². The second-order valence-electron chi connectivity index (χ2n) is 7.21. The van der Waals surface area contributed by atoms with Crippen LogP contribution in [0.2, 0.25) is 0 Å². The summed E-state index contributed by atoms with van der Waals surface area (Å²) < 4.78 is 11.7. The molecule has 0 amide bonds. The molecule has 2 N–H and O–H groups in total. The Kier molecular flexibility index (Phi) is 6.31.